The van der Waals surface area contributed by atoms with E-state index >= 15 is 0 Å². The molecule has 0 saturated heterocycles. The standard InChI is InChI=1S/C24H20ClN3O3/c1-16-6-8-17(9-7-16)23-27-22(31-28-23)14-26-24(29)18-10-12-20(13-11-18)30-15-19-4-2-3-5-21(19)25/h2-13H,14-15H2,1H3,(H,26,29). The first-order chi connectivity index (χ1) is 15.1. The van der Waals surface area contributed by atoms with E-state index in [1.807, 2.05) is 55.5 Å². The smallest absolute Gasteiger partial charge is 0.251 e. The Labute approximate surface area is 184 Å². The number of aromatic nitrogens is 2. The SMILES string of the molecule is Cc1ccc(-c2noc(CNC(=O)c3ccc(OCc4ccccc4Cl)cc3)n2)cc1. The third-order valence-electron chi connectivity index (χ3n) is 4.65. The van der Waals surface area contributed by atoms with Crippen LogP contribution in [0.5, 0.6) is 5.75 Å². The Morgan fingerprint density at radius 3 is 2.52 bits per heavy atom. The Morgan fingerprint density at radius 1 is 1.03 bits per heavy atom. The van der Waals surface area contributed by atoms with Gasteiger partial charge in [0.1, 0.15) is 12.4 Å². The van der Waals surface area contributed by atoms with Crippen molar-refractivity contribution in [1.29, 1.82) is 0 Å². The lowest BCUT2D eigenvalue weighted by molar-refractivity contribution is 0.0946. The summed E-state index contributed by atoms with van der Waals surface area (Å²) in [6.45, 7) is 2.51. The van der Waals surface area contributed by atoms with Gasteiger partial charge in [0.25, 0.3) is 5.91 Å². The second-order valence-corrected chi connectivity index (χ2v) is 7.37. The van der Waals surface area contributed by atoms with Crippen molar-refractivity contribution in [2.45, 2.75) is 20.1 Å². The van der Waals surface area contributed by atoms with Crippen LogP contribution in [0.3, 0.4) is 0 Å². The Kier molecular flexibility index (Phi) is 6.29. The molecule has 0 unspecified atom stereocenters. The zero-order chi connectivity index (χ0) is 21.6. The van der Waals surface area contributed by atoms with E-state index in [0.717, 1.165) is 16.7 Å². The van der Waals surface area contributed by atoms with Gasteiger partial charge in [-0.1, -0.05) is 64.8 Å². The second-order valence-electron chi connectivity index (χ2n) is 6.96. The van der Waals surface area contributed by atoms with E-state index in [1.165, 1.54) is 0 Å². The monoisotopic (exact) mass is 433 g/mol. The lowest BCUT2D eigenvalue weighted by atomic mass is 10.1. The van der Waals surface area contributed by atoms with E-state index in [4.69, 9.17) is 20.9 Å². The fraction of sp³-hybridized carbons (Fsp3) is 0.125. The highest BCUT2D eigenvalue weighted by atomic mass is 35.5. The molecule has 0 aliphatic heterocycles. The van der Waals surface area contributed by atoms with E-state index in [0.29, 0.717) is 34.7 Å². The average molecular weight is 434 g/mol. The maximum absolute atomic E-state index is 12.4. The van der Waals surface area contributed by atoms with E-state index in [2.05, 4.69) is 15.5 Å². The van der Waals surface area contributed by atoms with E-state index in [1.54, 1.807) is 24.3 Å². The predicted octanol–water partition coefficient (Wildman–Crippen LogP) is 5.21. The highest BCUT2D eigenvalue weighted by Crippen LogP contribution is 2.19. The minimum atomic E-state index is -0.243. The summed E-state index contributed by atoms with van der Waals surface area (Å²) in [4.78, 5) is 16.7. The first-order valence-electron chi connectivity index (χ1n) is 9.72. The summed E-state index contributed by atoms with van der Waals surface area (Å²) in [6, 6.07) is 22.2. The number of amides is 1. The first-order valence-corrected chi connectivity index (χ1v) is 10.1. The minimum Gasteiger partial charge on any atom is -0.489 e. The molecule has 1 N–H and O–H groups in total. The quantitative estimate of drug-likeness (QED) is 0.433. The van der Waals surface area contributed by atoms with Gasteiger partial charge in [-0.25, -0.2) is 0 Å². The lowest BCUT2D eigenvalue weighted by Gasteiger charge is -2.08. The third-order valence-corrected chi connectivity index (χ3v) is 5.02. The number of hydrogen-bond donors (Lipinski definition) is 1. The van der Waals surface area contributed by atoms with Crippen LogP contribution in [0.1, 0.15) is 27.4 Å². The molecule has 0 radical (unpaired) electrons. The molecule has 4 rings (SSSR count). The van der Waals surface area contributed by atoms with E-state index in [9.17, 15) is 4.79 Å². The molecule has 1 aromatic heterocycles. The number of benzene rings is 3. The highest BCUT2D eigenvalue weighted by molar-refractivity contribution is 6.31. The number of ether oxygens (including phenoxy) is 1. The molecule has 0 spiro atoms. The molecule has 0 fully saturated rings. The Balaban J connectivity index is 1.31. The van der Waals surface area contributed by atoms with Crippen LogP contribution in [0.2, 0.25) is 5.02 Å². The molecule has 4 aromatic rings. The molecular formula is C24H20ClN3O3. The van der Waals surface area contributed by atoms with Crippen molar-refractivity contribution in [3.63, 3.8) is 0 Å². The number of nitrogens with one attached hydrogen (secondary N) is 1. The predicted molar refractivity (Wildman–Crippen MR) is 118 cm³/mol. The van der Waals surface area contributed by atoms with Gasteiger partial charge in [-0.05, 0) is 37.3 Å². The molecule has 6 nitrogen and oxygen atoms in total. The van der Waals surface area contributed by atoms with Crippen molar-refractivity contribution >= 4 is 17.5 Å². The number of carbonyl (C=O) groups excluding carboxylic acids is 1. The number of nitrogens with zero attached hydrogens (tertiary/aromatic N) is 2. The molecule has 31 heavy (non-hydrogen) atoms. The van der Waals surface area contributed by atoms with Gasteiger partial charge in [0.2, 0.25) is 11.7 Å². The Bertz CT molecular complexity index is 1170. The van der Waals surface area contributed by atoms with Crippen LogP contribution in [0.4, 0.5) is 0 Å². The van der Waals surface area contributed by atoms with Gasteiger partial charge in [0, 0.05) is 21.7 Å². The maximum Gasteiger partial charge on any atom is 0.251 e. The first kappa shape index (κ1) is 20.6. The van der Waals surface area contributed by atoms with Crippen molar-refractivity contribution in [3.8, 4) is 17.1 Å². The number of aryl methyl sites for hydroxylation is 1. The van der Waals surface area contributed by atoms with Gasteiger partial charge in [0.05, 0.1) is 6.54 Å². The van der Waals surface area contributed by atoms with Gasteiger partial charge < -0.3 is 14.6 Å². The van der Waals surface area contributed by atoms with Crippen LogP contribution in [-0.2, 0) is 13.2 Å². The van der Waals surface area contributed by atoms with Crippen molar-refractivity contribution in [2.24, 2.45) is 0 Å². The molecule has 7 heteroatoms. The summed E-state index contributed by atoms with van der Waals surface area (Å²) in [5.41, 5.74) is 3.42. The molecule has 0 aliphatic carbocycles. The van der Waals surface area contributed by atoms with Crippen molar-refractivity contribution < 1.29 is 14.1 Å². The van der Waals surface area contributed by atoms with Crippen LogP contribution in [0.25, 0.3) is 11.4 Å². The maximum atomic E-state index is 12.4. The molecule has 0 saturated carbocycles. The summed E-state index contributed by atoms with van der Waals surface area (Å²) in [5, 5.41) is 7.40. The van der Waals surface area contributed by atoms with Crippen LogP contribution in [0.15, 0.2) is 77.3 Å². The summed E-state index contributed by atoms with van der Waals surface area (Å²) in [5.74, 6) is 1.23. The molecule has 0 bridgehead atoms. The summed E-state index contributed by atoms with van der Waals surface area (Å²) in [6.07, 6.45) is 0. The molecule has 0 aliphatic rings. The van der Waals surface area contributed by atoms with Crippen LogP contribution >= 0.6 is 11.6 Å². The Morgan fingerprint density at radius 2 is 1.77 bits per heavy atom. The molecule has 1 heterocycles. The van der Waals surface area contributed by atoms with Crippen LogP contribution in [-0.4, -0.2) is 16.0 Å². The fourth-order valence-electron chi connectivity index (χ4n) is 2.88. The van der Waals surface area contributed by atoms with E-state index in [-0.39, 0.29) is 12.5 Å². The number of rotatable bonds is 7. The topological polar surface area (TPSA) is 77.2 Å². The molecule has 3 aromatic carbocycles. The lowest BCUT2D eigenvalue weighted by Crippen LogP contribution is -2.22. The Hall–Kier alpha value is -3.64. The molecule has 1 amide bonds. The zero-order valence-electron chi connectivity index (χ0n) is 16.8. The minimum absolute atomic E-state index is 0.141. The van der Waals surface area contributed by atoms with Crippen LogP contribution in [0, 0.1) is 6.92 Å². The van der Waals surface area contributed by atoms with Gasteiger partial charge in [-0.3, -0.25) is 4.79 Å². The summed E-state index contributed by atoms with van der Waals surface area (Å²) < 4.78 is 11.0. The van der Waals surface area contributed by atoms with Gasteiger partial charge in [-0.2, -0.15) is 4.98 Å². The number of halogens is 1. The normalized spacial score (nSPS) is 10.6. The van der Waals surface area contributed by atoms with Crippen molar-refractivity contribution in [1.82, 2.24) is 15.5 Å². The zero-order valence-corrected chi connectivity index (χ0v) is 17.6. The third kappa shape index (κ3) is 5.29. The molecule has 156 valence electrons. The number of hydrogen-bond acceptors (Lipinski definition) is 5. The van der Waals surface area contributed by atoms with Gasteiger partial charge >= 0.3 is 0 Å². The van der Waals surface area contributed by atoms with Gasteiger partial charge in [-0.15, -0.1) is 0 Å². The largest absolute Gasteiger partial charge is 0.489 e. The fourth-order valence-corrected chi connectivity index (χ4v) is 3.07. The van der Waals surface area contributed by atoms with Crippen molar-refractivity contribution in [2.75, 3.05) is 0 Å². The summed E-state index contributed by atoms with van der Waals surface area (Å²) >= 11 is 6.13. The van der Waals surface area contributed by atoms with Crippen molar-refractivity contribution in [3.05, 3.63) is 100 Å². The van der Waals surface area contributed by atoms with Crippen LogP contribution < -0.4 is 10.1 Å². The highest BCUT2D eigenvalue weighted by Gasteiger charge is 2.11. The van der Waals surface area contributed by atoms with E-state index < -0.39 is 0 Å². The molecular weight excluding hydrogens is 414 g/mol. The van der Waals surface area contributed by atoms with Gasteiger partial charge in [0.15, 0.2) is 0 Å². The average Bonchev–Trinajstić information content (AvgIpc) is 3.27. The second kappa shape index (κ2) is 9.45. The number of carbonyl (C=O) groups is 1. The summed E-state index contributed by atoms with van der Waals surface area (Å²) in [7, 11) is 0. The molecule has 0 atom stereocenters.